The van der Waals surface area contributed by atoms with Crippen molar-refractivity contribution in [3.63, 3.8) is 0 Å². The summed E-state index contributed by atoms with van der Waals surface area (Å²) in [6, 6.07) is 11.5. The Bertz CT molecular complexity index is 339. The Morgan fingerprint density at radius 2 is 2.11 bits per heavy atom. The van der Waals surface area contributed by atoms with Crippen molar-refractivity contribution in [3.05, 3.63) is 35.9 Å². The van der Waals surface area contributed by atoms with E-state index in [2.05, 4.69) is 47.2 Å². The molecule has 1 aliphatic rings. The molecule has 0 saturated carbocycles. The average Bonchev–Trinajstić information content (AvgIpc) is 2.78. The van der Waals surface area contributed by atoms with Crippen LogP contribution in [0.1, 0.15) is 18.4 Å². The van der Waals surface area contributed by atoms with Crippen LogP contribution >= 0.6 is 0 Å². The van der Waals surface area contributed by atoms with Gasteiger partial charge in [0.1, 0.15) is 0 Å². The molecule has 1 aliphatic heterocycles. The Kier molecular flexibility index (Phi) is 5.17. The molecule has 2 N–H and O–H groups in total. The van der Waals surface area contributed by atoms with Crippen molar-refractivity contribution < 1.29 is 0 Å². The lowest BCUT2D eigenvalue weighted by Crippen LogP contribution is -2.40. The monoisotopic (exact) mass is 247 g/mol. The normalized spacial score (nSPS) is 20.7. The maximum Gasteiger partial charge on any atom is 0.0237 e. The van der Waals surface area contributed by atoms with Crippen molar-refractivity contribution in [1.29, 1.82) is 0 Å². The number of hydrogen-bond donors (Lipinski definition) is 1. The van der Waals surface area contributed by atoms with E-state index in [1.165, 1.54) is 24.9 Å². The van der Waals surface area contributed by atoms with E-state index < -0.39 is 0 Å². The summed E-state index contributed by atoms with van der Waals surface area (Å²) < 4.78 is 0. The lowest BCUT2D eigenvalue weighted by Gasteiger charge is -2.28. The van der Waals surface area contributed by atoms with Gasteiger partial charge in [0.2, 0.25) is 0 Å². The first kappa shape index (κ1) is 13.5. The zero-order chi connectivity index (χ0) is 12.8. The largest absolute Gasteiger partial charge is 0.329 e. The SMILES string of the molecule is CN(CCN)C[C@H]1CCCN1Cc1ccccc1. The zero-order valence-corrected chi connectivity index (χ0v) is 11.4. The Labute approximate surface area is 111 Å². The maximum atomic E-state index is 5.61. The lowest BCUT2D eigenvalue weighted by atomic mass is 10.1. The van der Waals surface area contributed by atoms with Crippen LogP contribution in [-0.4, -0.2) is 49.1 Å². The van der Waals surface area contributed by atoms with Gasteiger partial charge in [0.05, 0.1) is 0 Å². The number of hydrogen-bond acceptors (Lipinski definition) is 3. The van der Waals surface area contributed by atoms with Gasteiger partial charge in [-0.05, 0) is 32.0 Å². The van der Waals surface area contributed by atoms with E-state index in [1.54, 1.807) is 0 Å². The minimum atomic E-state index is 0.696. The number of benzene rings is 1. The molecular formula is C15H25N3. The van der Waals surface area contributed by atoms with Crippen molar-refractivity contribution in [2.75, 3.05) is 33.2 Å². The summed E-state index contributed by atoms with van der Waals surface area (Å²) in [5.41, 5.74) is 7.03. The van der Waals surface area contributed by atoms with Gasteiger partial charge in [0.25, 0.3) is 0 Å². The van der Waals surface area contributed by atoms with Gasteiger partial charge < -0.3 is 10.6 Å². The van der Waals surface area contributed by atoms with Crippen molar-refractivity contribution in [3.8, 4) is 0 Å². The molecule has 1 fully saturated rings. The fraction of sp³-hybridized carbons (Fsp3) is 0.600. The highest BCUT2D eigenvalue weighted by Crippen LogP contribution is 2.20. The molecule has 1 aromatic carbocycles. The van der Waals surface area contributed by atoms with Gasteiger partial charge in [-0.2, -0.15) is 0 Å². The third-order valence-corrected chi connectivity index (χ3v) is 3.76. The molecule has 3 nitrogen and oxygen atoms in total. The number of nitrogens with two attached hydrogens (primary N) is 1. The Morgan fingerprint density at radius 1 is 1.33 bits per heavy atom. The summed E-state index contributed by atoms with van der Waals surface area (Å²) in [6.07, 6.45) is 2.65. The molecule has 1 atom stereocenters. The van der Waals surface area contributed by atoms with E-state index in [0.29, 0.717) is 6.04 Å². The topological polar surface area (TPSA) is 32.5 Å². The molecule has 0 aliphatic carbocycles. The highest BCUT2D eigenvalue weighted by Gasteiger charge is 2.25. The Morgan fingerprint density at radius 3 is 2.83 bits per heavy atom. The predicted octanol–water partition coefficient (Wildman–Crippen LogP) is 1.54. The predicted molar refractivity (Wildman–Crippen MR) is 76.4 cm³/mol. The molecule has 18 heavy (non-hydrogen) atoms. The van der Waals surface area contributed by atoms with E-state index in [4.69, 9.17) is 5.73 Å². The van der Waals surface area contributed by atoms with E-state index in [9.17, 15) is 0 Å². The second-order valence-electron chi connectivity index (χ2n) is 5.30. The van der Waals surface area contributed by atoms with Crippen LogP contribution in [0.25, 0.3) is 0 Å². The smallest absolute Gasteiger partial charge is 0.0237 e. The van der Waals surface area contributed by atoms with Crippen LogP contribution in [0.15, 0.2) is 30.3 Å². The first-order valence-electron chi connectivity index (χ1n) is 6.96. The summed E-state index contributed by atoms with van der Waals surface area (Å²) in [6.45, 7) is 5.21. The van der Waals surface area contributed by atoms with Crippen LogP contribution in [-0.2, 0) is 6.54 Å². The molecule has 100 valence electrons. The fourth-order valence-corrected chi connectivity index (χ4v) is 2.80. The highest BCUT2D eigenvalue weighted by molar-refractivity contribution is 5.14. The molecule has 1 saturated heterocycles. The molecule has 3 heteroatoms. The molecule has 0 unspecified atom stereocenters. The third-order valence-electron chi connectivity index (χ3n) is 3.76. The molecule has 0 aromatic heterocycles. The van der Waals surface area contributed by atoms with Gasteiger partial charge in [-0.25, -0.2) is 0 Å². The van der Waals surface area contributed by atoms with E-state index in [1.807, 2.05) is 0 Å². The Hall–Kier alpha value is -0.900. The lowest BCUT2D eigenvalue weighted by molar-refractivity contribution is 0.188. The maximum absolute atomic E-state index is 5.61. The number of nitrogens with zero attached hydrogens (tertiary/aromatic N) is 2. The highest BCUT2D eigenvalue weighted by atomic mass is 15.2. The summed E-state index contributed by atoms with van der Waals surface area (Å²) in [5, 5.41) is 0. The van der Waals surface area contributed by atoms with Crippen LogP contribution in [0.2, 0.25) is 0 Å². The molecule has 0 spiro atoms. The van der Waals surface area contributed by atoms with Gasteiger partial charge in [-0.3, -0.25) is 4.90 Å². The second-order valence-corrected chi connectivity index (χ2v) is 5.30. The molecule has 0 bridgehead atoms. The first-order chi connectivity index (χ1) is 8.79. The Balaban J connectivity index is 1.87. The first-order valence-corrected chi connectivity index (χ1v) is 6.96. The third kappa shape index (κ3) is 3.80. The van der Waals surface area contributed by atoms with E-state index in [-0.39, 0.29) is 0 Å². The van der Waals surface area contributed by atoms with Crippen molar-refractivity contribution >= 4 is 0 Å². The average molecular weight is 247 g/mol. The second kappa shape index (κ2) is 6.88. The summed E-state index contributed by atoms with van der Waals surface area (Å²) >= 11 is 0. The number of likely N-dealkylation sites (N-methyl/N-ethyl adjacent to an activating group) is 1. The van der Waals surface area contributed by atoms with Crippen molar-refractivity contribution in [1.82, 2.24) is 9.80 Å². The number of likely N-dealkylation sites (tertiary alicyclic amines) is 1. The molecule has 0 radical (unpaired) electrons. The van der Waals surface area contributed by atoms with Gasteiger partial charge in [-0.15, -0.1) is 0 Å². The van der Waals surface area contributed by atoms with Gasteiger partial charge in [0, 0.05) is 32.2 Å². The van der Waals surface area contributed by atoms with E-state index >= 15 is 0 Å². The number of rotatable bonds is 6. The van der Waals surface area contributed by atoms with E-state index in [0.717, 1.165) is 26.2 Å². The summed E-state index contributed by atoms with van der Waals surface area (Å²) in [5.74, 6) is 0. The minimum absolute atomic E-state index is 0.696. The van der Waals surface area contributed by atoms with Crippen LogP contribution in [0.4, 0.5) is 0 Å². The molecule has 1 heterocycles. The minimum Gasteiger partial charge on any atom is -0.329 e. The van der Waals surface area contributed by atoms with Crippen LogP contribution in [0.3, 0.4) is 0 Å². The standard InChI is InChI=1S/C15H25N3/c1-17(11-9-16)13-15-8-5-10-18(15)12-14-6-3-2-4-7-14/h2-4,6-7,15H,5,8-13,16H2,1H3/t15-/m1/s1. The van der Waals surface area contributed by atoms with Crippen LogP contribution in [0.5, 0.6) is 0 Å². The summed E-state index contributed by atoms with van der Waals surface area (Å²) in [7, 11) is 2.17. The van der Waals surface area contributed by atoms with Crippen LogP contribution in [0, 0.1) is 0 Å². The van der Waals surface area contributed by atoms with Crippen molar-refractivity contribution in [2.45, 2.75) is 25.4 Å². The van der Waals surface area contributed by atoms with Crippen LogP contribution < -0.4 is 5.73 Å². The molecule has 1 aromatic rings. The molecule has 0 amide bonds. The van der Waals surface area contributed by atoms with Crippen molar-refractivity contribution in [2.24, 2.45) is 5.73 Å². The van der Waals surface area contributed by atoms with Gasteiger partial charge in [0.15, 0.2) is 0 Å². The summed E-state index contributed by atoms with van der Waals surface area (Å²) in [4.78, 5) is 4.97. The van der Waals surface area contributed by atoms with Gasteiger partial charge in [-0.1, -0.05) is 30.3 Å². The quantitative estimate of drug-likeness (QED) is 0.827. The molecular weight excluding hydrogens is 222 g/mol. The molecule has 2 rings (SSSR count). The van der Waals surface area contributed by atoms with Gasteiger partial charge >= 0.3 is 0 Å². The fourth-order valence-electron chi connectivity index (χ4n) is 2.80. The zero-order valence-electron chi connectivity index (χ0n) is 11.4.